The van der Waals surface area contributed by atoms with Crippen molar-refractivity contribution in [3.63, 3.8) is 0 Å². The second-order valence-electron chi connectivity index (χ2n) is 5.50. The maximum Gasteiger partial charge on any atom is 0.123 e. The number of hydrogen-bond acceptors (Lipinski definition) is 2. The standard InChI is InChI=1S/C16H20FN3.ClH/c17-15-7-5-13(6-8-15)9-18-10-14-11-19-20(12-14)16-3-1-2-4-16;/h5-8,11-12,16,18H,1-4,9-10H2;1H. The first kappa shape index (κ1) is 16.0. The van der Waals surface area contributed by atoms with Crippen molar-refractivity contribution < 1.29 is 4.39 Å². The van der Waals surface area contributed by atoms with Gasteiger partial charge in [0.1, 0.15) is 5.82 Å². The van der Waals surface area contributed by atoms with E-state index in [-0.39, 0.29) is 18.2 Å². The summed E-state index contributed by atoms with van der Waals surface area (Å²) in [6.07, 6.45) is 9.24. The zero-order chi connectivity index (χ0) is 13.8. The van der Waals surface area contributed by atoms with Crippen LogP contribution in [0.4, 0.5) is 4.39 Å². The Morgan fingerprint density at radius 1 is 1.10 bits per heavy atom. The molecule has 1 saturated carbocycles. The van der Waals surface area contributed by atoms with Crippen molar-refractivity contribution in [1.29, 1.82) is 0 Å². The molecule has 0 aliphatic heterocycles. The van der Waals surface area contributed by atoms with Gasteiger partial charge in [0.25, 0.3) is 0 Å². The minimum absolute atomic E-state index is 0. The largest absolute Gasteiger partial charge is 0.309 e. The second kappa shape index (κ2) is 7.57. The second-order valence-corrected chi connectivity index (χ2v) is 5.50. The minimum Gasteiger partial charge on any atom is -0.309 e. The molecule has 1 aliphatic carbocycles. The average Bonchev–Trinajstić information content (AvgIpc) is 3.11. The summed E-state index contributed by atoms with van der Waals surface area (Å²) in [6, 6.07) is 7.21. The fourth-order valence-electron chi connectivity index (χ4n) is 2.79. The molecule has 0 saturated heterocycles. The molecule has 3 rings (SSSR count). The molecule has 0 amide bonds. The van der Waals surface area contributed by atoms with Crippen LogP contribution in [-0.4, -0.2) is 9.78 Å². The Balaban J connectivity index is 0.00000161. The van der Waals surface area contributed by atoms with Gasteiger partial charge in [-0.25, -0.2) is 4.39 Å². The smallest absolute Gasteiger partial charge is 0.123 e. The molecule has 114 valence electrons. The maximum atomic E-state index is 12.8. The molecule has 1 N–H and O–H groups in total. The van der Waals surface area contributed by atoms with Crippen LogP contribution in [0.15, 0.2) is 36.7 Å². The monoisotopic (exact) mass is 309 g/mol. The topological polar surface area (TPSA) is 29.9 Å². The van der Waals surface area contributed by atoms with Crippen molar-refractivity contribution in [3.05, 3.63) is 53.6 Å². The highest BCUT2D eigenvalue weighted by molar-refractivity contribution is 5.85. The van der Waals surface area contributed by atoms with Gasteiger partial charge in [0.15, 0.2) is 0 Å². The molecule has 0 unspecified atom stereocenters. The number of halogens is 2. The molecule has 1 heterocycles. The van der Waals surface area contributed by atoms with Gasteiger partial charge in [-0.1, -0.05) is 25.0 Å². The van der Waals surface area contributed by atoms with Gasteiger partial charge in [-0.15, -0.1) is 12.4 Å². The summed E-state index contributed by atoms with van der Waals surface area (Å²) < 4.78 is 14.9. The Morgan fingerprint density at radius 3 is 2.48 bits per heavy atom. The van der Waals surface area contributed by atoms with Gasteiger partial charge in [0.05, 0.1) is 12.2 Å². The Kier molecular flexibility index (Phi) is 5.76. The van der Waals surface area contributed by atoms with Crippen LogP contribution in [0, 0.1) is 5.82 Å². The van der Waals surface area contributed by atoms with Crippen LogP contribution in [0.25, 0.3) is 0 Å². The van der Waals surface area contributed by atoms with Crippen molar-refractivity contribution in [2.24, 2.45) is 0 Å². The molecule has 1 aromatic heterocycles. The molecular weight excluding hydrogens is 289 g/mol. The first-order valence-corrected chi connectivity index (χ1v) is 7.29. The van der Waals surface area contributed by atoms with Crippen LogP contribution in [0.3, 0.4) is 0 Å². The highest BCUT2D eigenvalue weighted by Gasteiger charge is 2.17. The van der Waals surface area contributed by atoms with Crippen molar-refractivity contribution in [1.82, 2.24) is 15.1 Å². The fourth-order valence-corrected chi connectivity index (χ4v) is 2.79. The van der Waals surface area contributed by atoms with Crippen LogP contribution in [0.1, 0.15) is 42.9 Å². The molecule has 3 nitrogen and oxygen atoms in total. The fraction of sp³-hybridized carbons (Fsp3) is 0.438. The number of aromatic nitrogens is 2. The van der Waals surface area contributed by atoms with Gasteiger partial charge >= 0.3 is 0 Å². The third-order valence-electron chi connectivity index (χ3n) is 3.93. The van der Waals surface area contributed by atoms with Crippen LogP contribution >= 0.6 is 12.4 Å². The molecule has 2 aromatic rings. The summed E-state index contributed by atoms with van der Waals surface area (Å²) >= 11 is 0. The zero-order valence-corrected chi connectivity index (χ0v) is 12.8. The van der Waals surface area contributed by atoms with E-state index in [2.05, 4.69) is 21.3 Å². The van der Waals surface area contributed by atoms with Crippen molar-refractivity contribution in [3.8, 4) is 0 Å². The number of hydrogen-bond donors (Lipinski definition) is 1. The first-order valence-electron chi connectivity index (χ1n) is 7.29. The molecule has 0 bridgehead atoms. The summed E-state index contributed by atoms with van der Waals surface area (Å²) in [4.78, 5) is 0. The van der Waals surface area contributed by atoms with Crippen LogP contribution < -0.4 is 5.32 Å². The molecular formula is C16H21ClFN3. The lowest BCUT2D eigenvalue weighted by Gasteiger charge is -2.08. The predicted octanol–water partition coefficient (Wildman–Crippen LogP) is 3.85. The number of benzene rings is 1. The molecule has 5 heteroatoms. The molecule has 0 radical (unpaired) electrons. The van der Waals surface area contributed by atoms with Gasteiger partial charge in [-0.05, 0) is 30.5 Å². The van der Waals surface area contributed by atoms with Crippen LogP contribution in [0.2, 0.25) is 0 Å². The lowest BCUT2D eigenvalue weighted by molar-refractivity contribution is 0.466. The van der Waals surface area contributed by atoms with E-state index in [0.29, 0.717) is 6.04 Å². The summed E-state index contributed by atoms with van der Waals surface area (Å²) in [6.45, 7) is 1.54. The van der Waals surface area contributed by atoms with Gasteiger partial charge in [0, 0.05) is 24.8 Å². The Bertz CT molecular complexity index is 547. The van der Waals surface area contributed by atoms with Crippen molar-refractivity contribution >= 4 is 12.4 Å². The van der Waals surface area contributed by atoms with Gasteiger partial charge in [0.2, 0.25) is 0 Å². The van der Waals surface area contributed by atoms with Crippen molar-refractivity contribution in [2.75, 3.05) is 0 Å². The highest BCUT2D eigenvalue weighted by atomic mass is 35.5. The van der Waals surface area contributed by atoms with Crippen LogP contribution in [0.5, 0.6) is 0 Å². The van der Waals surface area contributed by atoms with Gasteiger partial charge < -0.3 is 5.32 Å². The van der Waals surface area contributed by atoms with E-state index in [1.54, 1.807) is 0 Å². The average molecular weight is 310 g/mol. The van der Waals surface area contributed by atoms with E-state index in [4.69, 9.17) is 0 Å². The summed E-state index contributed by atoms with van der Waals surface area (Å²) in [5.74, 6) is -0.188. The Labute approximate surface area is 131 Å². The van der Waals surface area contributed by atoms with E-state index >= 15 is 0 Å². The molecule has 1 aliphatic rings. The predicted molar refractivity (Wildman–Crippen MR) is 83.9 cm³/mol. The van der Waals surface area contributed by atoms with E-state index in [1.165, 1.54) is 43.4 Å². The van der Waals surface area contributed by atoms with E-state index in [1.807, 2.05) is 18.3 Å². The lowest BCUT2D eigenvalue weighted by Crippen LogP contribution is -2.12. The van der Waals surface area contributed by atoms with Gasteiger partial charge in [-0.2, -0.15) is 5.10 Å². The summed E-state index contributed by atoms with van der Waals surface area (Å²) in [7, 11) is 0. The molecule has 0 atom stereocenters. The first-order chi connectivity index (χ1) is 9.81. The lowest BCUT2D eigenvalue weighted by atomic mass is 10.2. The van der Waals surface area contributed by atoms with E-state index < -0.39 is 0 Å². The Hall–Kier alpha value is -1.39. The van der Waals surface area contributed by atoms with Crippen LogP contribution in [-0.2, 0) is 13.1 Å². The molecule has 21 heavy (non-hydrogen) atoms. The highest BCUT2D eigenvalue weighted by Crippen LogP contribution is 2.28. The third-order valence-corrected chi connectivity index (χ3v) is 3.93. The number of nitrogens with zero attached hydrogens (tertiary/aromatic N) is 2. The van der Waals surface area contributed by atoms with Crippen molar-refractivity contribution in [2.45, 2.75) is 44.8 Å². The molecule has 1 fully saturated rings. The normalized spacial score (nSPS) is 15.1. The summed E-state index contributed by atoms with van der Waals surface area (Å²) in [5, 5.41) is 7.83. The molecule has 0 spiro atoms. The van der Waals surface area contributed by atoms with E-state index in [0.717, 1.165) is 18.7 Å². The van der Waals surface area contributed by atoms with Gasteiger partial charge in [-0.3, -0.25) is 4.68 Å². The Morgan fingerprint density at radius 2 is 1.76 bits per heavy atom. The summed E-state index contributed by atoms with van der Waals surface area (Å²) in [5.41, 5.74) is 2.30. The van der Waals surface area contributed by atoms with E-state index in [9.17, 15) is 4.39 Å². The minimum atomic E-state index is -0.188. The zero-order valence-electron chi connectivity index (χ0n) is 12.0. The molecule has 1 aromatic carbocycles. The third kappa shape index (κ3) is 4.29. The number of rotatable bonds is 5. The quantitative estimate of drug-likeness (QED) is 0.909. The SMILES string of the molecule is Cl.Fc1ccc(CNCc2cnn(C3CCCC3)c2)cc1. The number of nitrogens with one attached hydrogen (secondary N) is 1. The maximum absolute atomic E-state index is 12.8.